The van der Waals surface area contributed by atoms with Crippen molar-refractivity contribution in [1.29, 1.82) is 0 Å². The third kappa shape index (κ3) is 2.76. The Morgan fingerprint density at radius 1 is 1.45 bits per heavy atom. The van der Waals surface area contributed by atoms with Gasteiger partial charge in [0.25, 0.3) is 5.91 Å². The van der Waals surface area contributed by atoms with Crippen molar-refractivity contribution in [2.45, 2.75) is 19.9 Å². The summed E-state index contributed by atoms with van der Waals surface area (Å²) in [6.07, 6.45) is 0. The standard InChI is InChI=1S/C14H23N5O/c1-9-6-10(2)17-14(12(9)13(16)20)19-5-4-18(3)8-11(19)7-15/h6,11H,4-5,7-8,15H2,1-3H3,(H2,16,20). The minimum Gasteiger partial charge on any atom is -0.365 e. The smallest absolute Gasteiger partial charge is 0.252 e. The summed E-state index contributed by atoms with van der Waals surface area (Å²) < 4.78 is 0. The number of piperazine rings is 1. The fourth-order valence-electron chi connectivity index (χ4n) is 2.82. The molecule has 110 valence electrons. The number of carbonyl (C=O) groups is 1. The van der Waals surface area contributed by atoms with Crippen molar-refractivity contribution < 1.29 is 4.79 Å². The van der Waals surface area contributed by atoms with E-state index in [0.717, 1.165) is 30.9 Å². The molecule has 1 aliphatic rings. The maximum Gasteiger partial charge on any atom is 0.252 e. The van der Waals surface area contributed by atoms with Crippen LogP contribution in [-0.4, -0.2) is 55.1 Å². The average Bonchev–Trinajstić information content (AvgIpc) is 2.36. The molecule has 0 aliphatic carbocycles. The summed E-state index contributed by atoms with van der Waals surface area (Å²) in [5, 5.41) is 0. The molecule has 0 aromatic carbocycles. The van der Waals surface area contributed by atoms with E-state index in [-0.39, 0.29) is 6.04 Å². The molecular formula is C14H23N5O. The van der Waals surface area contributed by atoms with E-state index in [9.17, 15) is 4.79 Å². The largest absolute Gasteiger partial charge is 0.365 e. The van der Waals surface area contributed by atoms with Gasteiger partial charge in [0.2, 0.25) is 0 Å². The number of primary amides is 1. The van der Waals surface area contributed by atoms with Crippen molar-refractivity contribution >= 4 is 11.7 Å². The summed E-state index contributed by atoms with van der Waals surface area (Å²) in [5.41, 5.74) is 13.7. The Morgan fingerprint density at radius 3 is 2.75 bits per heavy atom. The number of aromatic nitrogens is 1. The maximum absolute atomic E-state index is 11.8. The minimum absolute atomic E-state index is 0.153. The second kappa shape index (κ2) is 5.76. The molecule has 1 fully saturated rings. The molecule has 6 nitrogen and oxygen atoms in total. The molecule has 0 spiro atoms. The van der Waals surface area contributed by atoms with Crippen LogP contribution >= 0.6 is 0 Å². The summed E-state index contributed by atoms with van der Waals surface area (Å²) in [5.74, 6) is 0.248. The highest BCUT2D eigenvalue weighted by molar-refractivity contribution is 5.99. The Kier molecular flexibility index (Phi) is 4.25. The fourth-order valence-corrected chi connectivity index (χ4v) is 2.82. The van der Waals surface area contributed by atoms with Crippen LogP contribution in [0.1, 0.15) is 21.6 Å². The first-order chi connectivity index (χ1) is 9.43. The molecule has 1 aromatic rings. The molecule has 0 bridgehead atoms. The van der Waals surface area contributed by atoms with E-state index in [0.29, 0.717) is 17.9 Å². The van der Waals surface area contributed by atoms with Crippen molar-refractivity contribution in [2.24, 2.45) is 11.5 Å². The Labute approximate surface area is 119 Å². The van der Waals surface area contributed by atoms with Gasteiger partial charge in [0.05, 0.1) is 11.6 Å². The first kappa shape index (κ1) is 14.7. The molecular weight excluding hydrogens is 254 g/mol. The van der Waals surface area contributed by atoms with Crippen LogP contribution in [0.15, 0.2) is 6.07 Å². The molecule has 1 atom stereocenters. The van der Waals surface area contributed by atoms with Crippen molar-refractivity contribution in [2.75, 3.05) is 38.1 Å². The van der Waals surface area contributed by atoms with Crippen LogP contribution in [0.25, 0.3) is 0 Å². The van der Waals surface area contributed by atoms with Crippen LogP contribution in [0.2, 0.25) is 0 Å². The van der Waals surface area contributed by atoms with Gasteiger partial charge in [-0.25, -0.2) is 4.98 Å². The third-order valence-electron chi connectivity index (χ3n) is 3.80. The molecule has 1 aromatic heterocycles. The normalized spacial score (nSPS) is 20.2. The number of nitrogens with two attached hydrogens (primary N) is 2. The molecule has 0 saturated carbocycles. The van der Waals surface area contributed by atoms with Gasteiger partial charge in [0.1, 0.15) is 5.82 Å². The Hall–Kier alpha value is -1.66. The van der Waals surface area contributed by atoms with Gasteiger partial charge < -0.3 is 21.3 Å². The summed E-state index contributed by atoms with van der Waals surface area (Å²) >= 11 is 0. The number of likely N-dealkylation sites (N-methyl/N-ethyl adjacent to an activating group) is 1. The van der Waals surface area contributed by atoms with Gasteiger partial charge in [-0.2, -0.15) is 0 Å². The van der Waals surface area contributed by atoms with Crippen molar-refractivity contribution in [3.8, 4) is 0 Å². The van der Waals surface area contributed by atoms with Gasteiger partial charge in [-0.15, -0.1) is 0 Å². The zero-order valence-electron chi connectivity index (χ0n) is 12.4. The quantitative estimate of drug-likeness (QED) is 0.804. The maximum atomic E-state index is 11.8. The Balaban J connectivity index is 2.47. The van der Waals surface area contributed by atoms with E-state index in [2.05, 4.69) is 21.8 Å². The molecule has 2 rings (SSSR count). The highest BCUT2D eigenvalue weighted by Crippen LogP contribution is 2.25. The number of carbonyl (C=O) groups excluding carboxylic acids is 1. The van der Waals surface area contributed by atoms with E-state index >= 15 is 0 Å². The number of anilines is 1. The van der Waals surface area contributed by atoms with Crippen LogP contribution < -0.4 is 16.4 Å². The monoisotopic (exact) mass is 277 g/mol. The molecule has 2 heterocycles. The number of hydrogen-bond donors (Lipinski definition) is 2. The zero-order valence-corrected chi connectivity index (χ0v) is 12.4. The van der Waals surface area contributed by atoms with E-state index in [1.807, 2.05) is 19.9 Å². The molecule has 1 aliphatic heterocycles. The first-order valence-corrected chi connectivity index (χ1v) is 6.87. The lowest BCUT2D eigenvalue weighted by Crippen LogP contribution is -2.55. The molecule has 1 unspecified atom stereocenters. The van der Waals surface area contributed by atoms with E-state index < -0.39 is 5.91 Å². The van der Waals surface area contributed by atoms with Crippen molar-refractivity contribution in [3.05, 3.63) is 22.9 Å². The average molecular weight is 277 g/mol. The number of nitrogens with zero attached hydrogens (tertiary/aromatic N) is 3. The predicted molar refractivity (Wildman–Crippen MR) is 79.9 cm³/mol. The molecule has 4 N–H and O–H groups in total. The van der Waals surface area contributed by atoms with Crippen molar-refractivity contribution in [3.63, 3.8) is 0 Å². The molecule has 1 saturated heterocycles. The highest BCUT2D eigenvalue weighted by atomic mass is 16.1. The van der Waals surface area contributed by atoms with E-state index in [1.54, 1.807) is 0 Å². The summed E-state index contributed by atoms with van der Waals surface area (Å²) in [7, 11) is 2.07. The van der Waals surface area contributed by atoms with Crippen LogP contribution in [0.3, 0.4) is 0 Å². The fraction of sp³-hybridized carbons (Fsp3) is 0.571. The van der Waals surface area contributed by atoms with Gasteiger partial charge in [-0.3, -0.25) is 4.79 Å². The van der Waals surface area contributed by atoms with Gasteiger partial charge in [0.15, 0.2) is 0 Å². The van der Waals surface area contributed by atoms with E-state index in [4.69, 9.17) is 11.5 Å². The van der Waals surface area contributed by atoms with Gasteiger partial charge in [-0.05, 0) is 32.5 Å². The number of rotatable bonds is 3. The summed E-state index contributed by atoms with van der Waals surface area (Å²) in [6, 6.07) is 2.04. The second-order valence-electron chi connectivity index (χ2n) is 5.49. The highest BCUT2D eigenvalue weighted by Gasteiger charge is 2.29. The van der Waals surface area contributed by atoms with Crippen LogP contribution in [0.4, 0.5) is 5.82 Å². The van der Waals surface area contributed by atoms with Gasteiger partial charge >= 0.3 is 0 Å². The lowest BCUT2D eigenvalue weighted by Gasteiger charge is -2.41. The molecule has 6 heteroatoms. The summed E-state index contributed by atoms with van der Waals surface area (Å²) in [4.78, 5) is 20.7. The minimum atomic E-state index is -0.431. The number of amides is 1. The Bertz CT molecular complexity index is 517. The number of aryl methyl sites for hydroxylation is 2. The van der Waals surface area contributed by atoms with Gasteiger partial charge in [0, 0.05) is 31.9 Å². The van der Waals surface area contributed by atoms with E-state index in [1.165, 1.54) is 0 Å². The lowest BCUT2D eigenvalue weighted by atomic mass is 10.1. The number of pyridine rings is 1. The second-order valence-corrected chi connectivity index (χ2v) is 5.49. The topological polar surface area (TPSA) is 88.5 Å². The summed E-state index contributed by atoms with van der Waals surface area (Å²) in [6.45, 7) is 6.93. The van der Waals surface area contributed by atoms with Crippen LogP contribution in [0, 0.1) is 13.8 Å². The number of hydrogen-bond acceptors (Lipinski definition) is 5. The molecule has 0 radical (unpaired) electrons. The van der Waals surface area contributed by atoms with Crippen molar-refractivity contribution in [1.82, 2.24) is 9.88 Å². The van der Waals surface area contributed by atoms with Crippen LogP contribution in [0.5, 0.6) is 0 Å². The first-order valence-electron chi connectivity index (χ1n) is 6.87. The molecule has 20 heavy (non-hydrogen) atoms. The van der Waals surface area contributed by atoms with Crippen LogP contribution in [-0.2, 0) is 0 Å². The van der Waals surface area contributed by atoms with Gasteiger partial charge in [-0.1, -0.05) is 0 Å². The lowest BCUT2D eigenvalue weighted by molar-refractivity contribution is 0.0999. The zero-order chi connectivity index (χ0) is 14.9. The SMILES string of the molecule is Cc1cc(C)c(C(N)=O)c(N2CCN(C)CC2CN)n1. The molecule has 1 amide bonds. The third-order valence-corrected chi connectivity index (χ3v) is 3.80. The predicted octanol–water partition coefficient (Wildman–Crippen LogP) is -0.124. The Morgan fingerprint density at radius 2 is 2.15 bits per heavy atom.